The van der Waals surface area contributed by atoms with E-state index < -0.39 is 12.1 Å². The zero-order valence-corrected chi connectivity index (χ0v) is 14.0. The van der Waals surface area contributed by atoms with Crippen LogP contribution in [0.3, 0.4) is 0 Å². The van der Waals surface area contributed by atoms with Crippen molar-refractivity contribution in [2.75, 3.05) is 0 Å². The van der Waals surface area contributed by atoms with Gasteiger partial charge in [-0.1, -0.05) is 11.2 Å². The highest BCUT2D eigenvalue weighted by Gasteiger charge is 2.38. The molecule has 9 heteroatoms. The molecule has 0 aliphatic rings. The zero-order chi connectivity index (χ0) is 18.9. The van der Waals surface area contributed by atoms with Crippen LogP contribution in [0.15, 0.2) is 39.9 Å². The summed E-state index contributed by atoms with van der Waals surface area (Å²) in [7, 11) is 0. The lowest BCUT2D eigenvalue weighted by molar-refractivity contribution is -0.159. The van der Waals surface area contributed by atoms with Gasteiger partial charge in [0.2, 0.25) is 5.82 Å². The maximum absolute atomic E-state index is 12.5. The van der Waals surface area contributed by atoms with Gasteiger partial charge in [0.15, 0.2) is 0 Å². The number of nitrogens with zero attached hydrogens (tertiary/aromatic N) is 4. The topological polar surface area (TPSA) is 73.8 Å². The molecule has 6 nitrogen and oxygen atoms in total. The van der Waals surface area contributed by atoms with Gasteiger partial charge < -0.3 is 9.09 Å². The number of halogens is 3. The summed E-state index contributed by atoms with van der Waals surface area (Å²) in [5.74, 6) is -1.72. The summed E-state index contributed by atoms with van der Waals surface area (Å²) in [5, 5.41) is 3.28. The number of pyridine rings is 2. The molecular formula is C17H15F3N4O2. The first-order chi connectivity index (χ1) is 12.2. The average molecular weight is 364 g/mol. The van der Waals surface area contributed by atoms with Crippen molar-refractivity contribution >= 4 is 0 Å². The quantitative estimate of drug-likeness (QED) is 0.711. The molecule has 0 fully saturated rings. The van der Waals surface area contributed by atoms with Crippen LogP contribution in [0.4, 0.5) is 13.2 Å². The highest BCUT2D eigenvalue weighted by Crippen LogP contribution is 2.29. The van der Waals surface area contributed by atoms with Crippen molar-refractivity contribution in [3.63, 3.8) is 0 Å². The lowest BCUT2D eigenvalue weighted by Gasteiger charge is -2.09. The van der Waals surface area contributed by atoms with Crippen LogP contribution in [-0.4, -0.2) is 19.7 Å². The van der Waals surface area contributed by atoms with Crippen LogP contribution in [0.2, 0.25) is 0 Å². The minimum atomic E-state index is -4.72. The Hall–Kier alpha value is -2.97. The molecule has 0 unspecified atom stereocenters. The highest BCUT2D eigenvalue weighted by molar-refractivity contribution is 5.52. The predicted molar refractivity (Wildman–Crippen MR) is 86.4 cm³/mol. The van der Waals surface area contributed by atoms with E-state index in [9.17, 15) is 18.0 Å². The van der Waals surface area contributed by atoms with E-state index in [2.05, 4.69) is 19.6 Å². The Bertz CT molecular complexity index is 992. The number of aryl methyl sites for hydroxylation is 4. The summed E-state index contributed by atoms with van der Waals surface area (Å²) < 4.78 is 43.2. The van der Waals surface area contributed by atoms with Crippen molar-refractivity contribution < 1.29 is 17.7 Å². The van der Waals surface area contributed by atoms with E-state index in [1.54, 1.807) is 6.20 Å². The van der Waals surface area contributed by atoms with Crippen molar-refractivity contribution in [1.29, 1.82) is 0 Å². The average Bonchev–Trinajstić information content (AvgIpc) is 3.07. The van der Waals surface area contributed by atoms with Crippen LogP contribution in [0, 0.1) is 13.8 Å². The van der Waals surface area contributed by atoms with Gasteiger partial charge in [0.25, 0.3) is 5.56 Å². The lowest BCUT2D eigenvalue weighted by Crippen LogP contribution is -2.20. The summed E-state index contributed by atoms with van der Waals surface area (Å²) in [6.45, 7) is 4.26. The lowest BCUT2D eigenvalue weighted by atomic mass is 10.1. The van der Waals surface area contributed by atoms with Crippen LogP contribution in [0.5, 0.6) is 0 Å². The second-order valence-electron chi connectivity index (χ2n) is 5.88. The van der Waals surface area contributed by atoms with E-state index >= 15 is 0 Å². The van der Waals surface area contributed by atoms with Gasteiger partial charge in [-0.2, -0.15) is 18.2 Å². The Morgan fingerprint density at radius 3 is 2.65 bits per heavy atom. The van der Waals surface area contributed by atoms with Crippen LogP contribution < -0.4 is 5.56 Å². The molecule has 0 saturated carbocycles. The van der Waals surface area contributed by atoms with Crippen molar-refractivity contribution in [2.45, 2.75) is 33.0 Å². The van der Waals surface area contributed by atoms with Gasteiger partial charge in [-0.3, -0.25) is 9.78 Å². The molecule has 3 heterocycles. The standard InChI is InChI=1S/C17H15F3N4O2/c1-10-7-12(11(2)21-9-10)3-5-24-6-4-13(8-14(24)25)15-22-16(26-23-15)17(18,19)20/h4,6-9H,3,5H2,1-2H3. The molecule has 26 heavy (non-hydrogen) atoms. The molecule has 0 atom stereocenters. The minimum absolute atomic E-state index is 0.166. The molecule has 3 aromatic heterocycles. The van der Waals surface area contributed by atoms with Gasteiger partial charge in [-0.25, -0.2) is 0 Å². The summed E-state index contributed by atoms with van der Waals surface area (Å²) in [6, 6.07) is 4.68. The van der Waals surface area contributed by atoms with E-state index in [4.69, 9.17) is 0 Å². The van der Waals surface area contributed by atoms with E-state index in [1.165, 1.54) is 22.9 Å². The van der Waals surface area contributed by atoms with Crippen molar-refractivity contribution in [3.8, 4) is 11.4 Å². The Morgan fingerprint density at radius 2 is 2.00 bits per heavy atom. The van der Waals surface area contributed by atoms with Gasteiger partial charge in [-0.05, 0) is 37.5 Å². The molecule has 0 saturated heterocycles. The van der Waals surface area contributed by atoms with Crippen LogP contribution >= 0.6 is 0 Å². The molecule has 0 aromatic carbocycles. The second kappa shape index (κ2) is 6.74. The fraction of sp³-hybridized carbons (Fsp3) is 0.294. The number of aromatic nitrogens is 4. The molecule has 136 valence electrons. The Balaban J connectivity index is 1.78. The van der Waals surface area contributed by atoms with Crippen molar-refractivity contribution in [2.24, 2.45) is 0 Å². The highest BCUT2D eigenvalue weighted by atomic mass is 19.4. The minimum Gasteiger partial charge on any atom is -0.329 e. The van der Waals surface area contributed by atoms with E-state index in [0.29, 0.717) is 13.0 Å². The molecule has 0 amide bonds. The first-order valence-electron chi connectivity index (χ1n) is 7.78. The zero-order valence-electron chi connectivity index (χ0n) is 14.0. The third-order valence-corrected chi connectivity index (χ3v) is 3.87. The van der Waals surface area contributed by atoms with Crippen LogP contribution in [0.25, 0.3) is 11.4 Å². The summed E-state index contributed by atoms with van der Waals surface area (Å²) in [6.07, 6.45) is -0.833. The summed E-state index contributed by atoms with van der Waals surface area (Å²) in [5.41, 5.74) is 2.77. The fourth-order valence-electron chi connectivity index (χ4n) is 2.48. The van der Waals surface area contributed by atoms with Gasteiger partial charge >= 0.3 is 12.1 Å². The van der Waals surface area contributed by atoms with E-state index in [0.717, 1.165) is 16.8 Å². The molecule has 0 aliphatic carbocycles. The fourth-order valence-corrected chi connectivity index (χ4v) is 2.48. The Morgan fingerprint density at radius 1 is 1.23 bits per heavy atom. The molecule has 0 N–H and O–H groups in total. The Kier molecular flexibility index (Phi) is 4.62. The first-order valence-corrected chi connectivity index (χ1v) is 7.78. The summed E-state index contributed by atoms with van der Waals surface area (Å²) in [4.78, 5) is 19.8. The normalized spacial score (nSPS) is 11.7. The SMILES string of the molecule is Cc1cnc(C)c(CCn2ccc(-c3noc(C(F)(F)F)n3)cc2=O)c1. The van der Waals surface area contributed by atoms with Gasteiger partial charge in [0.05, 0.1) is 0 Å². The van der Waals surface area contributed by atoms with Crippen LogP contribution in [0.1, 0.15) is 22.7 Å². The maximum Gasteiger partial charge on any atom is 0.471 e. The smallest absolute Gasteiger partial charge is 0.329 e. The monoisotopic (exact) mass is 364 g/mol. The molecule has 0 spiro atoms. The third-order valence-electron chi connectivity index (χ3n) is 3.87. The molecule has 0 radical (unpaired) electrons. The van der Waals surface area contributed by atoms with Crippen LogP contribution in [-0.2, 0) is 19.1 Å². The molecule has 3 aromatic rings. The Labute approximate surface area is 146 Å². The number of hydrogen-bond acceptors (Lipinski definition) is 5. The molecular weight excluding hydrogens is 349 g/mol. The van der Waals surface area contributed by atoms with E-state index in [1.807, 2.05) is 19.9 Å². The number of hydrogen-bond donors (Lipinski definition) is 0. The van der Waals surface area contributed by atoms with Gasteiger partial charge in [0, 0.05) is 36.3 Å². The predicted octanol–water partition coefficient (Wildman–Crippen LogP) is 3.17. The van der Waals surface area contributed by atoms with Crippen molar-refractivity contribution in [3.05, 3.63) is 63.7 Å². The second-order valence-corrected chi connectivity index (χ2v) is 5.88. The van der Waals surface area contributed by atoms with Gasteiger partial charge in [0.1, 0.15) is 0 Å². The molecule has 3 rings (SSSR count). The molecule has 0 aliphatic heterocycles. The first kappa shape index (κ1) is 17.8. The largest absolute Gasteiger partial charge is 0.471 e. The maximum atomic E-state index is 12.5. The summed E-state index contributed by atoms with van der Waals surface area (Å²) >= 11 is 0. The molecule has 0 bridgehead atoms. The number of alkyl halides is 3. The number of rotatable bonds is 4. The van der Waals surface area contributed by atoms with E-state index in [-0.39, 0.29) is 16.9 Å². The third kappa shape index (κ3) is 3.81. The van der Waals surface area contributed by atoms with Crippen molar-refractivity contribution in [1.82, 2.24) is 19.7 Å². The van der Waals surface area contributed by atoms with Gasteiger partial charge in [-0.15, -0.1) is 0 Å².